The zero-order valence-corrected chi connectivity index (χ0v) is 16.0. The molecule has 3 atom stereocenters. The minimum absolute atomic E-state index is 0.0678. The van der Waals surface area contributed by atoms with Crippen LogP contribution in [0.1, 0.15) is 45.6 Å². The molecule has 0 heterocycles. The summed E-state index contributed by atoms with van der Waals surface area (Å²) in [6.45, 7) is 7.77. The Kier molecular flexibility index (Phi) is 6.66. The van der Waals surface area contributed by atoms with E-state index < -0.39 is 11.5 Å². The summed E-state index contributed by atoms with van der Waals surface area (Å²) >= 11 is 0. The highest BCUT2D eigenvalue weighted by molar-refractivity contribution is 5.64. The molecule has 1 fully saturated rings. The van der Waals surface area contributed by atoms with Crippen molar-refractivity contribution in [3.63, 3.8) is 0 Å². The molecule has 26 heavy (non-hydrogen) atoms. The number of carbonyl (C=O) groups excluding carboxylic acids is 1. The third-order valence-electron chi connectivity index (χ3n) is 5.44. The molecule has 0 saturated heterocycles. The molecule has 3 unspecified atom stereocenters. The number of rotatable bonds is 6. The van der Waals surface area contributed by atoms with Crippen LogP contribution in [0.15, 0.2) is 30.3 Å². The van der Waals surface area contributed by atoms with E-state index in [9.17, 15) is 10.1 Å². The first-order valence-electron chi connectivity index (χ1n) is 9.22. The average molecular weight is 358 g/mol. The van der Waals surface area contributed by atoms with Crippen LogP contribution < -0.4 is 5.73 Å². The van der Waals surface area contributed by atoms with Gasteiger partial charge in [0.15, 0.2) is 0 Å². The van der Waals surface area contributed by atoms with Gasteiger partial charge in [0.05, 0.1) is 18.1 Å². The predicted molar refractivity (Wildman–Crippen MR) is 100.0 cm³/mol. The third-order valence-corrected chi connectivity index (χ3v) is 5.44. The molecule has 0 spiro atoms. The lowest BCUT2D eigenvalue weighted by Gasteiger charge is -2.47. The Labute approximate surface area is 156 Å². The van der Waals surface area contributed by atoms with Crippen LogP contribution in [0, 0.1) is 34.0 Å². The van der Waals surface area contributed by atoms with Crippen LogP contribution in [0.5, 0.6) is 0 Å². The predicted octanol–water partition coefficient (Wildman–Crippen LogP) is 4.27. The first kappa shape index (κ1) is 20.3. The summed E-state index contributed by atoms with van der Waals surface area (Å²) in [7, 11) is 0. The van der Waals surface area contributed by atoms with Crippen molar-refractivity contribution >= 4 is 6.09 Å². The van der Waals surface area contributed by atoms with Gasteiger partial charge in [0.25, 0.3) is 0 Å². The maximum Gasteiger partial charge on any atom is 0.404 e. The summed E-state index contributed by atoms with van der Waals surface area (Å²) in [5.74, 6) is 0.511. The molecule has 0 aliphatic heterocycles. The monoisotopic (exact) mass is 358 g/mol. The average Bonchev–Trinajstić information content (AvgIpc) is 2.60. The molecule has 0 radical (unpaired) electrons. The fourth-order valence-corrected chi connectivity index (χ4v) is 4.10. The molecule has 1 aliphatic rings. The maximum absolute atomic E-state index is 11.1. The number of ether oxygens (including phenoxy) is 2. The van der Waals surface area contributed by atoms with Gasteiger partial charge in [-0.2, -0.15) is 5.26 Å². The molecular weight excluding hydrogens is 328 g/mol. The van der Waals surface area contributed by atoms with E-state index in [-0.39, 0.29) is 17.9 Å². The SMILES string of the molecule is CC(C)(C)C1CC(COCc2ccccc2)CCC1(C#N)COC(N)=O. The fraction of sp³-hybridized carbons (Fsp3) is 0.619. The third kappa shape index (κ3) is 5.22. The lowest BCUT2D eigenvalue weighted by atomic mass is 9.56. The van der Waals surface area contributed by atoms with Gasteiger partial charge >= 0.3 is 6.09 Å². The zero-order chi connectivity index (χ0) is 19.2. The van der Waals surface area contributed by atoms with Crippen molar-refractivity contribution in [1.82, 2.24) is 0 Å². The summed E-state index contributed by atoms with van der Waals surface area (Å²) in [6, 6.07) is 12.6. The van der Waals surface area contributed by atoms with Crippen molar-refractivity contribution in [3.8, 4) is 6.07 Å². The minimum atomic E-state index is -0.819. The van der Waals surface area contributed by atoms with E-state index in [1.807, 2.05) is 18.2 Å². The van der Waals surface area contributed by atoms with Gasteiger partial charge in [0, 0.05) is 6.61 Å². The summed E-state index contributed by atoms with van der Waals surface area (Å²) in [5.41, 5.74) is 5.55. The quantitative estimate of drug-likeness (QED) is 0.823. The van der Waals surface area contributed by atoms with Gasteiger partial charge in [0.1, 0.15) is 6.61 Å². The lowest BCUT2D eigenvalue weighted by Crippen LogP contribution is -2.46. The number of hydrogen-bond acceptors (Lipinski definition) is 4. The van der Waals surface area contributed by atoms with Gasteiger partial charge in [-0.3, -0.25) is 0 Å². The second-order valence-electron chi connectivity index (χ2n) is 8.44. The molecule has 2 rings (SSSR count). The molecule has 1 saturated carbocycles. The number of primary amides is 1. The van der Waals surface area contributed by atoms with E-state index in [1.54, 1.807) is 0 Å². The van der Waals surface area contributed by atoms with Crippen LogP contribution in [0.25, 0.3) is 0 Å². The van der Waals surface area contributed by atoms with Crippen LogP contribution in [-0.2, 0) is 16.1 Å². The van der Waals surface area contributed by atoms with Crippen molar-refractivity contribution in [3.05, 3.63) is 35.9 Å². The largest absolute Gasteiger partial charge is 0.448 e. The molecule has 1 aliphatic carbocycles. The van der Waals surface area contributed by atoms with Crippen LogP contribution in [0.3, 0.4) is 0 Å². The van der Waals surface area contributed by atoms with Crippen molar-refractivity contribution in [2.24, 2.45) is 28.4 Å². The van der Waals surface area contributed by atoms with E-state index in [0.29, 0.717) is 25.6 Å². The van der Waals surface area contributed by atoms with Gasteiger partial charge < -0.3 is 15.2 Å². The smallest absolute Gasteiger partial charge is 0.404 e. The normalized spacial score (nSPS) is 26.1. The number of nitrogens with zero attached hydrogens (tertiary/aromatic N) is 1. The highest BCUT2D eigenvalue weighted by atomic mass is 16.5. The highest BCUT2D eigenvalue weighted by Gasteiger charge is 2.49. The number of amides is 1. The van der Waals surface area contributed by atoms with Gasteiger partial charge in [-0.1, -0.05) is 51.1 Å². The first-order chi connectivity index (χ1) is 12.3. The first-order valence-corrected chi connectivity index (χ1v) is 9.22. The van der Waals surface area contributed by atoms with E-state index in [4.69, 9.17) is 15.2 Å². The Hall–Kier alpha value is -2.06. The van der Waals surface area contributed by atoms with Crippen molar-refractivity contribution in [2.75, 3.05) is 13.2 Å². The van der Waals surface area contributed by atoms with Crippen LogP contribution >= 0.6 is 0 Å². The molecule has 5 heteroatoms. The van der Waals surface area contributed by atoms with Gasteiger partial charge in [-0.25, -0.2) is 4.79 Å². The molecule has 142 valence electrons. The van der Waals surface area contributed by atoms with Crippen molar-refractivity contribution in [2.45, 2.75) is 46.6 Å². The molecule has 1 aromatic carbocycles. The number of hydrogen-bond donors (Lipinski definition) is 1. The number of carbonyl (C=O) groups is 1. The molecule has 0 aromatic heterocycles. The second-order valence-corrected chi connectivity index (χ2v) is 8.44. The Bertz CT molecular complexity index is 633. The topological polar surface area (TPSA) is 85.3 Å². The van der Waals surface area contributed by atoms with E-state index in [1.165, 1.54) is 0 Å². The lowest BCUT2D eigenvalue weighted by molar-refractivity contribution is -0.0345. The molecule has 2 N–H and O–H groups in total. The van der Waals surface area contributed by atoms with E-state index >= 15 is 0 Å². The van der Waals surface area contributed by atoms with Crippen LogP contribution in [0.4, 0.5) is 4.79 Å². The minimum Gasteiger partial charge on any atom is -0.448 e. The molecule has 5 nitrogen and oxygen atoms in total. The van der Waals surface area contributed by atoms with Crippen molar-refractivity contribution < 1.29 is 14.3 Å². The summed E-state index contributed by atoms with van der Waals surface area (Å²) in [6.07, 6.45) is 1.64. The fourth-order valence-electron chi connectivity index (χ4n) is 4.10. The number of nitriles is 1. The number of nitrogens with two attached hydrogens (primary N) is 1. The molecule has 1 amide bonds. The van der Waals surface area contributed by atoms with Gasteiger partial charge in [-0.15, -0.1) is 0 Å². The summed E-state index contributed by atoms with van der Waals surface area (Å²) in [5, 5.41) is 9.89. The summed E-state index contributed by atoms with van der Waals surface area (Å²) < 4.78 is 11.0. The second kappa shape index (κ2) is 8.55. The van der Waals surface area contributed by atoms with E-state index in [2.05, 4.69) is 39.0 Å². The van der Waals surface area contributed by atoms with Crippen LogP contribution in [-0.4, -0.2) is 19.3 Å². The molecule has 1 aromatic rings. The summed E-state index contributed by atoms with van der Waals surface area (Å²) in [4.78, 5) is 11.1. The molecular formula is C21H30N2O3. The Morgan fingerprint density at radius 3 is 2.62 bits per heavy atom. The van der Waals surface area contributed by atoms with Crippen molar-refractivity contribution in [1.29, 1.82) is 5.26 Å². The number of benzene rings is 1. The zero-order valence-electron chi connectivity index (χ0n) is 16.0. The Morgan fingerprint density at radius 1 is 1.35 bits per heavy atom. The van der Waals surface area contributed by atoms with Gasteiger partial charge in [0.2, 0.25) is 0 Å². The Morgan fingerprint density at radius 2 is 2.04 bits per heavy atom. The van der Waals surface area contributed by atoms with E-state index in [0.717, 1.165) is 18.4 Å². The van der Waals surface area contributed by atoms with Gasteiger partial charge in [-0.05, 0) is 42.1 Å². The highest BCUT2D eigenvalue weighted by Crippen LogP contribution is 2.51. The maximum atomic E-state index is 11.1. The molecule has 0 bridgehead atoms. The Balaban J connectivity index is 2.00. The standard InChI is InChI=1S/C21H30N2O3/c1-20(2,3)18-11-17(13-25-12-16-7-5-4-6-8-16)9-10-21(18,14-22)15-26-19(23)24/h4-8,17-18H,9-13,15H2,1-3H3,(H2,23,24). The van der Waals surface area contributed by atoms with Crippen LogP contribution in [0.2, 0.25) is 0 Å².